The fourth-order valence-corrected chi connectivity index (χ4v) is 5.46. The molecule has 1 amide bonds. The minimum atomic E-state index is -2.86. The van der Waals surface area contributed by atoms with Gasteiger partial charge < -0.3 is 15.0 Å². The topological polar surface area (TPSA) is 110 Å². The number of ether oxygens (including phenoxy) is 1. The first kappa shape index (κ1) is 25.1. The van der Waals surface area contributed by atoms with E-state index in [0.717, 1.165) is 47.5 Å². The van der Waals surface area contributed by atoms with Crippen LogP contribution < -0.4 is 10.1 Å². The fourth-order valence-electron chi connectivity index (χ4n) is 5.46. The maximum absolute atomic E-state index is 13.4. The van der Waals surface area contributed by atoms with Crippen LogP contribution in [0.15, 0.2) is 36.5 Å². The van der Waals surface area contributed by atoms with Crippen molar-refractivity contribution in [1.29, 1.82) is 0 Å². The van der Waals surface area contributed by atoms with Crippen molar-refractivity contribution in [1.82, 2.24) is 34.4 Å². The van der Waals surface area contributed by atoms with E-state index in [1.165, 1.54) is 13.2 Å². The van der Waals surface area contributed by atoms with Gasteiger partial charge in [0, 0.05) is 30.9 Å². The summed E-state index contributed by atoms with van der Waals surface area (Å²) in [5.41, 5.74) is 3.50. The Kier molecular flexibility index (Phi) is 6.12. The van der Waals surface area contributed by atoms with E-state index in [2.05, 4.69) is 31.4 Å². The van der Waals surface area contributed by atoms with Gasteiger partial charge in [0.15, 0.2) is 17.3 Å². The van der Waals surface area contributed by atoms with Crippen molar-refractivity contribution in [3.05, 3.63) is 59.3 Å². The summed E-state index contributed by atoms with van der Waals surface area (Å²) in [6, 6.07) is 9.30. The number of likely N-dealkylation sites (tertiary alicyclic amines) is 1. The second-order valence-electron chi connectivity index (χ2n) is 10.2. The van der Waals surface area contributed by atoms with Gasteiger partial charge in [0.1, 0.15) is 5.82 Å². The average Bonchev–Trinajstić information content (AvgIpc) is 3.56. The van der Waals surface area contributed by atoms with Gasteiger partial charge in [0.25, 0.3) is 6.43 Å². The van der Waals surface area contributed by atoms with Crippen LogP contribution in [0.2, 0.25) is 0 Å². The third-order valence-corrected chi connectivity index (χ3v) is 7.65. The third kappa shape index (κ3) is 4.53. The number of nitrogens with one attached hydrogen (secondary N) is 1. The Morgan fingerprint density at radius 1 is 1.15 bits per heavy atom. The summed E-state index contributed by atoms with van der Waals surface area (Å²) in [6.45, 7) is 4.67. The lowest BCUT2D eigenvalue weighted by molar-refractivity contribution is -0.131. The number of aryl methyl sites for hydroxylation is 2. The van der Waals surface area contributed by atoms with E-state index in [4.69, 9.17) is 9.72 Å². The Balaban J connectivity index is 1.20. The van der Waals surface area contributed by atoms with Crippen molar-refractivity contribution >= 4 is 17.4 Å². The van der Waals surface area contributed by atoms with E-state index in [9.17, 15) is 13.6 Å². The molecule has 1 spiro atoms. The van der Waals surface area contributed by atoms with E-state index >= 15 is 0 Å². The zero-order valence-corrected chi connectivity index (χ0v) is 21.9. The van der Waals surface area contributed by atoms with Gasteiger partial charge in [-0.1, -0.05) is 6.07 Å². The van der Waals surface area contributed by atoms with E-state index in [-0.39, 0.29) is 23.0 Å². The number of carbonyl (C=O) groups is 1. The molecule has 2 atom stereocenters. The maximum Gasteiger partial charge on any atom is 0.297 e. The lowest BCUT2D eigenvalue weighted by atomic mass is 9.86. The van der Waals surface area contributed by atoms with Crippen LogP contribution in [0.4, 0.5) is 14.6 Å². The molecule has 6 rings (SSSR count). The lowest BCUT2D eigenvalue weighted by Gasteiger charge is -2.36. The second-order valence-corrected chi connectivity index (χ2v) is 10.2. The predicted molar refractivity (Wildman–Crippen MR) is 139 cm³/mol. The van der Waals surface area contributed by atoms with Crippen LogP contribution in [-0.4, -0.2) is 66.1 Å². The first-order valence-corrected chi connectivity index (χ1v) is 12.9. The van der Waals surface area contributed by atoms with Crippen molar-refractivity contribution in [3.63, 3.8) is 0 Å². The molecule has 1 fully saturated rings. The Morgan fingerprint density at radius 2 is 2.00 bits per heavy atom. The van der Waals surface area contributed by atoms with Crippen LogP contribution in [0.5, 0.6) is 5.88 Å². The van der Waals surface area contributed by atoms with E-state index in [0.29, 0.717) is 18.9 Å². The fraction of sp³-hybridized carbons (Fsp3) is 0.407. The highest BCUT2D eigenvalue weighted by atomic mass is 19.3. The van der Waals surface area contributed by atoms with Crippen LogP contribution in [0, 0.1) is 6.92 Å². The molecule has 4 aromatic rings. The predicted octanol–water partition coefficient (Wildman–Crippen LogP) is 3.97. The monoisotopic (exact) mass is 534 g/mol. The molecule has 4 aromatic heterocycles. The quantitative estimate of drug-likeness (QED) is 0.410. The van der Waals surface area contributed by atoms with Gasteiger partial charge >= 0.3 is 0 Å². The number of amides is 1. The van der Waals surface area contributed by atoms with Gasteiger partial charge in [0.05, 0.1) is 30.0 Å². The Bertz CT molecular complexity index is 1540. The molecule has 0 aromatic carbocycles. The molecule has 1 N–H and O–H groups in total. The lowest BCUT2D eigenvalue weighted by Crippen LogP contribution is -2.46. The number of hydrogen-bond acceptors (Lipinski definition) is 8. The van der Waals surface area contributed by atoms with Gasteiger partial charge in [0.2, 0.25) is 11.8 Å². The van der Waals surface area contributed by atoms with Crippen molar-refractivity contribution in [2.24, 2.45) is 0 Å². The number of carbonyl (C=O) groups excluding carboxylic acids is 1. The van der Waals surface area contributed by atoms with Gasteiger partial charge in [-0.25, -0.2) is 28.2 Å². The normalized spacial score (nSPS) is 19.4. The van der Waals surface area contributed by atoms with E-state index < -0.39 is 18.2 Å². The van der Waals surface area contributed by atoms with E-state index in [1.807, 2.05) is 31.3 Å². The minimum absolute atomic E-state index is 0.0121. The highest BCUT2D eigenvalue weighted by molar-refractivity contribution is 5.83. The molecule has 0 aliphatic carbocycles. The Hall–Kier alpha value is -4.22. The summed E-state index contributed by atoms with van der Waals surface area (Å²) in [7, 11) is 1.34. The standard InChI is InChI=1S/C27H28F2N8O2/c1-15(19-13-21(39-3)33-25(31-19)22(28)29)26(38)36-11-9-27(14-36)8-7-17-12-18(16(2)30-23(17)34-27)24-32-20-6-4-5-10-37(20)35-24/h4-6,10,12-13,15,22H,7-9,11,14H2,1-3H3,(H,30,34)/t15-,27+/m1/s1. The highest BCUT2D eigenvalue weighted by Crippen LogP contribution is 2.39. The molecule has 202 valence electrons. The number of rotatable bonds is 5. The number of pyridine rings is 2. The van der Waals surface area contributed by atoms with Crippen LogP contribution in [0.25, 0.3) is 17.0 Å². The number of aromatic nitrogens is 6. The number of anilines is 1. The first-order chi connectivity index (χ1) is 18.7. The third-order valence-electron chi connectivity index (χ3n) is 7.65. The number of methoxy groups -OCH3 is 1. The molecule has 12 heteroatoms. The zero-order valence-electron chi connectivity index (χ0n) is 21.9. The van der Waals surface area contributed by atoms with Crippen LogP contribution in [0.1, 0.15) is 54.9 Å². The summed E-state index contributed by atoms with van der Waals surface area (Å²) < 4.78 is 33.4. The van der Waals surface area contributed by atoms with Crippen LogP contribution >= 0.6 is 0 Å². The largest absolute Gasteiger partial charge is 0.481 e. The van der Waals surface area contributed by atoms with E-state index in [1.54, 1.807) is 16.3 Å². The minimum Gasteiger partial charge on any atom is -0.481 e. The van der Waals surface area contributed by atoms with Crippen molar-refractivity contribution < 1.29 is 18.3 Å². The Labute approximate surface area is 223 Å². The van der Waals surface area contributed by atoms with Crippen molar-refractivity contribution in [2.75, 3.05) is 25.5 Å². The number of halogens is 2. The molecule has 1 saturated heterocycles. The summed E-state index contributed by atoms with van der Waals surface area (Å²) in [4.78, 5) is 32.3. The molecule has 2 aliphatic heterocycles. The van der Waals surface area contributed by atoms with Gasteiger partial charge in [-0.2, -0.15) is 4.98 Å². The second kappa shape index (κ2) is 9.51. The molecule has 39 heavy (non-hydrogen) atoms. The summed E-state index contributed by atoms with van der Waals surface area (Å²) in [5.74, 6) is -0.0673. The molecular formula is C27H28F2N8O2. The molecule has 0 unspecified atom stereocenters. The SMILES string of the molecule is COc1cc([C@@H](C)C(=O)N2CC[C@@]3(CCc4cc(-c5nc6ccccn6n5)c(C)nc4N3)C2)nc(C(F)F)n1. The highest BCUT2D eigenvalue weighted by Gasteiger charge is 2.43. The Morgan fingerprint density at radius 3 is 2.77 bits per heavy atom. The molecule has 0 radical (unpaired) electrons. The number of fused-ring (bicyclic) bond motifs is 2. The molecule has 2 aliphatic rings. The number of nitrogens with zero attached hydrogens (tertiary/aromatic N) is 7. The molecular weight excluding hydrogens is 506 g/mol. The van der Waals surface area contributed by atoms with Crippen LogP contribution in [-0.2, 0) is 11.2 Å². The molecule has 0 bridgehead atoms. The summed E-state index contributed by atoms with van der Waals surface area (Å²) >= 11 is 0. The summed E-state index contributed by atoms with van der Waals surface area (Å²) in [6.07, 6.45) is 1.40. The molecule has 0 saturated carbocycles. The van der Waals surface area contributed by atoms with Gasteiger partial charge in [-0.05, 0) is 56.9 Å². The maximum atomic E-state index is 13.4. The number of alkyl halides is 2. The van der Waals surface area contributed by atoms with Crippen molar-refractivity contribution in [3.8, 4) is 17.3 Å². The number of hydrogen-bond donors (Lipinski definition) is 1. The zero-order chi connectivity index (χ0) is 27.3. The summed E-state index contributed by atoms with van der Waals surface area (Å²) in [5, 5.41) is 8.23. The molecule has 6 heterocycles. The van der Waals surface area contributed by atoms with Gasteiger partial charge in [-0.15, -0.1) is 5.10 Å². The molecule has 10 nitrogen and oxygen atoms in total. The first-order valence-electron chi connectivity index (χ1n) is 12.9. The van der Waals surface area contributed by atoms with Crippen molar-refractivity contribution in [2.45, 2.75) is 51.0 Å². The van der Waals surface area contributed by atoms with Gasteiger partial charge in [-0.3, -0.25) is 4.79 Å². The average molecular weight is 535 g/mol. The van der Waals surface area contributed by atoms with Crippen LogP contribution in [0.3, 0.4) is 0 Å². The smallest absolute Gasteiger partial charge is 0.297 e.